The molecule has 4 rings (SSSR count). The molecule has 0 atom stereocenters. The molecular weight excluding hydrogens is 423 g/mol. The summed E-state index contributed by atoms with van der Waals surface area (Å²) in [4.78, 5) is 28.2. The molecular formula is C26H23FN2O4. The topological polar surface area (TPSA) is 67.9 Å². The summed E-state index contributed by atoms with van der Waals surface area (Å²) in [5, 5.41) is 3.08. The van der Waals surface area contributed by atoms with Gasteiger partial charge in [0.25, 0.3) is 11.8 Å². The molecule has 168 valence electrons. The van der Waals surface area contributed by atoms with Crippen LogP contribution >= 0.6 is 0 Å². The number of carbonyl (C=O) groups excluding carboxylic acids is 2. The molecule has 1 aliphatic heterocycles. The lowest BCUT2D eigenvalue weighted by atomic mass is 10.0. The summed E-state index contributed by atoms with van der Waals surface area (Å²) in [6.07, 6.45) is 0. The minimum Gasteiger partial charge on any atom is -0.493 e. The van der Waals surface area contributed by atoms with Crippen molar-refractivity contribution in [3.63, 3.8) is 0 Å². The second-order valence-corrected chi connectivity index (χ2v) is 7.74. The Morgan fingerprint density at radius 3 is 2.03 bits per heavy atom. The zero-order chi connectivity index (χ0) is 23.7. The summed E-state index contributed by atoms with van der Waals surface area (Å²) in [6.45, 7) is 3.80. The largest absolute Gasteiger partial charge is 0.493 e. The maximum atomic E-state index is 13.6. The number of aryl methyl sites for hydroxylation is 2. The van der Waals surface area contributed by atoms with E-state index in [1.165, 1.54) is 38.5 Å². The van der Waals surface area contributed by atoms with Gasteiger partial charge in [0, 0.05) is 11.8 Å². The van der Waals surface area contributed by atoms with Crippen LogP contribution in [0, 0.1) is 19.7 Å². The first-order valence-electron chi connectivity index (χ1n) is 10.3. The zero-order valence-electron chi connectivity index (χ0n) is 18.7. The molecule has 1 heterocycles. The van der Waals surface area contributed by atoms with Crippen LogP contribution in [0.25, 0.3) is 5.57 Å². The minimum atomic E-state index is -0.501. The van der Waals surface area contributed by atoms with Crippen LogP contribution in [0.3, 0.4) is 0 Å². The highest BCUT2D eigenvalue weighted by molar-refractivity contribution is 6.46. The van der Waals surface area contributed by atoms with Gasteiger partial charge >= 0.3 is 0 Å². The Hall–Kier alpha value is -4.13. The zero-order valence-corrected chi connectivity index (χ0v) is 18.7. The van der Waals surface area contributed by atoms with Gasteiger partial charge in [0.2, 0.25) is 0 Å². The number of benzene rings is 3. The number of ether oxygens (including phenoxy) is 2. The number of methoxy groups -OCH3 is 2. The van der Waals surface area contributed by atoms with E-state index < -0.39 is 17.6 Å². The normalized spacial score (nSPS) is 13.5. The number of carbonyl (C=O) groups is 2. The molecule has 0 aromatic heterocycles. The first-order valence-corrected chi connectivity index (χ1v) is 10.3. The minimum absolute atomic E-state index is 0.0954. The van der Waals surface area contributed by atoms with Gasteiger partial charge in [-0.2, -0.15) is 0 Å². The molecule has 6 nitrogen and oxygen atoms in total. The van der Waals surface area contributed by atoms with E-state index in [1.54, 1.807) is 30.3 Å². The number of halogens is 1. The summed E-state index contributed by atoms with van der Waals surface area (Å²) >= 11 is 0. The van der Waals surface area contributed by atoms with Crippen molar-refractivity contribution in [2.75, 3.05) is 24.4 Å². The van der Waals surface area contributed by atoms with Crippen LogP contribution in [0.15, 0.2) is 66.4 Å². The van der Waals surface area contributed by atoms with Gasteiger partial charge in [-0.25, -0.2) is 9.29 Å². The van der Waals surface area contributed by atoms with Crippen LogP contribution in [0.1, 0.15) is 16.7 Å². The molecule has 0 saturated heterocycles. The summed E-state index contributed by atoms with van der Waals surface area (Å²) in [7, 11) is 3.04. The summed E-state index contributed by atoms with van der Waals surface area (Å²) in [6, 6.07) is 16.1. The van der Waals surface area contributed by atoms with Crippen molar-refractivity contribution < 1.29 is 23.5 Å². The average Bonchev–Trinajstić information content (AvgIpc) is 3.03. The van der Waals surface area contributed by atoms with Gasteiger partial charge in [0.15, 0.2) is 11.5 Å². The van der Waals surface area contributed by atoms with Crippen molar-refractivity contribution in [2.24, 2.45) is 0 Å². The van der Waals surface area contributed by atoms with Crippen molar-refractivity contribution in [3.8, 4) is 11.5 Å². The Bertz CT molecular complexity index is 1260. The second-order valence-electron chi connectivity index (χ2n) is 7.74. The maximum absolute atomic E-state index is 13.6. The van der Waals surface area contributed by atoms with Gasteiger partial charge in [0.1, 0.15) is 11.5 Å². The SMILES string of the molecule is COc1ccc(NC2=C(c3ccc(F)cc3)C(=O)N(c3cc(C)cc(C)c3)C2=O)cc1OC. The molecule has 1 N–H and O–H groups in total. The molecule has 1 aliphatic rings. The van der Waals surface area contributed by atoms with E-state index in [4.69, 9.17) is 9.47 Å². The van der Waals surface area contributed by atoms with E-state index in [2.05, 4.69) is 5.32 Å². The quantitative estimate of drug-likeness (QED) is 0.548. The average molecular weight is 446 g/mol. The molecule has 33 heavy (non-hydrogen) atoms. The van der Waals surface area contributed by atoms with Gasteiger partial charge in [-0.1, -0.05) is 18.2 Å². The van der Waals surface area contributed by atoms with Crippen molar-refractivity contribution in [3.05, 3.63) is 88.9 Å². The van der Waals surface area contributed by atoms with Crippen molar-refractivity contribution in [2.45, 2.75) is 13.8 Å². The molecule has 0 bridgehead atoms. The Morgan fingerprint density at radius 1 is 0.788 bits per heavy atom. The van der Waals surface area contributed by atoms with Crippen LogP contribution < -0.4 is 19.7 Å². The number of hydrogen-bond acceptors (Lipinski definition) is 5. The maximum Gasteiger partial charge on any atom is 0.282 e. The predicted molar refractivity (Wildman–Crippen MR) is 125 cm³/mol. The van der Waals surface area contributed by atoms with Gasteiger partial charge in [-0.05, 0) is 66.9 Å². The molecule has 2 amide bonds. The number of nitrogens with one attached hydrogen (secondary N) is 1. The molecule has 7 heteroatoms. The Morgan fingerprint density at radius 2 is 1.42 bits per heavy atom. The molecule has 0 unspecified atom stereocenters. The Balaban J connectivity index is 1.83. The van der Waals surface area contributed by atoms with Crippen LogP contribution in [0.5, 0.6) is 11.5 Å². The fourth-order valence-electron chi connectivity index (χ4n) is 3.90. The first-order chi connectivity index (χ1) is 15.8. The van der Waals surface area contributed by atoms with Crippen molar-refractivity contribution >= 4 is 28.8 Å². The number of hydrogen-bond donors (Lipinski definition) is 1. The molecule has 0 radical (unpaired) electrons. The van der Waals surface area contributed by atoms with Crippen LogP contribution in [0.4, 0.5) is 15.8 Å². The number of imide groups is 1. The van der Waals surface area contributed by atoms with E-state index in [1.807, 2.05) is 19.9 Å². The third-order valence-electron chi connectivity index (χ3n) is 5.33. The van der Waals surface area contributed by atoms with Crippen LogP contribution in [-0.4, -0.2) is 26.0 Å². The lowest BCUT2D eigenvalue weighted by Crippen LogP contribution is -2.32. The third kappa shape index (κ3) is 4.17. The van der Waals surface area contributed by atoms with Gasteiger partial charge < -0.3 is 14.8 Å². The van der Waals surface area contributed by atoms with E-state index in [9.17, 15) is 14.0 Å². The Labute approximate surface area is 191 Å². The predicted octanol–water partition coefficient (Wildman–Crippen LogP) is 4.86. The number of anilines is 2. The molecule has 3 aromatic carbocycles. The summed E-state index contributed by atoms with van der Waals surface area (Å²) in [5.74, 6) is -0.425. The van der Waals surface area contributed by atoms with E-state index in [-0.39, 0.29) is 11.3 Å². The highest BCUT2D eigenvalue weighted by Crippen LogP contribution is 2.36. The van der Waals surface area contributed by atoms with Crippen molar-refractivity contribution in [1.82, 2.24) is 0 Å². The molecule has 3 aromatic rings. The molecule has 0 fully saturated rings. The van der Waals surface area contributed by atoms with Crippen molar-refractivity contribution in [1.29, 1.82) is 0 Å². The number of amides is 2. The number of rotatable bonds is 6. The molecule has 0 aliphatic carbocycles. The van der Waals surface area contributed by atoms with Crippen LogP contribution in [-0.2, 0) is 9.59 Å². The fourth-order valence-corrected chi connectivity index (χ4v) is 3.90. The third-order valence-corrected chi connectivity index (χ3v) is 5.33. The molecule has 0 spiro atoms. The monoisotopic (exact) mass is 446 g/mol. The highest BCUT2D eigenvalue weighted by atomic mass is 19.1. The molecule has 0 saturated carbocycles. The number of nitrogens with zero attached hydrogens (tertiary/aromatic N) is 1. The smallest absolute Gasteiger partial charge is 0.282 e. The van der Waals surface area contributed by atoms with Gasteiger partial charge in [-0.3, -0.25) is 9.59 Å². The van der Waals surface area contributed by atoms with E-state index >= 15 is 0 Å². The van der Waals surface area contributed by atoms with Gasteiger partial charge in [-0.15, -0.1) is 0 Å². The van der Waals surface area contributed by atoms with E-state index in [0.29, 0.717) is 28.4 Å². The van der Waals surface area contributed by atoms with E-state index in [0.717, 1.165) is 16.0 Å². The summed E-state index contributed by atoms with van der Waals surface area (Å²) in [5.41, 5.74) is 3.55. The van der Waals surface area contributed by atoms with Crippen LogP contribution in [0.2, 0.25) is 0 Å². The lowest BCUT2D eigenvalue weighted by Gasteiger charge is -2.17. The lowest BCUT2D eigenvalue weighted by molar-refractivity contribution is -0.120. The van der Waals surface area contributed by atoms with Gasteiger partial charge in [0.05, 0.1) is 25.5 Å². The second kappa shape index (κ2) is 8.78. The fraction of sp³-hybridized carbons (Fsp3) is 0.154. The first kappa shape index (κ1) is 22.1. The Kier molecular flexibility index (Phi) is 5.87. The summed E-state index contributed by atoms with van der Waals surface area (Å²) < 4.78 is 24.2. The highest BCUT2D eigenvalue weighted by Gasteiger charge is 2.40. The standard InChI is InChI=1S/C26H23FN2O4/c1-15-11-16(2)13-20(12-15)29-25(30)23(17-5-7-18(27)8-6-17)24(26(29)31)28-19-9-10-21(32-3)22(14-19)33-4/h5-14,28H,1-4H3.